The van der Waals surface area contributed by atoms with Crippen LogP contribution in [0, 0.1) is 25.7 Å². The Balaban J connectivity index is 1.56. The Labute approximate surface area is 175 Å². The molecule has 1 heterocycles. The highest BCUT2D eigenvalue weighted by molar-refractivity contribution is 7.13. The molecule has 4 nitrogen and oxygen atoms in total. The first-order valence-corrected chi connectivity index (χ1v) is 10.9. The van der Waals surface area contributed by atoms with Gasteiger partial charge in [-0.15, -0.1) is 22.9 Å². The van der Waals surface area contributed by atoms with Gasteiger partial charge in [0, 0.05) is 16.2 Å². The number of alkyl halides is 1. The molecule has 1 aliphatic carbocycles. The fourth-order valence-corrected chi connectivity index (χ4v) is 5.50. The van der Waals surface area contributed by atoms with E-state index in [1.165, 1.54) is 11.3 Å². The van der Waals surface area contributed by atoms with Crippen molar-refractivity contribution in [3.63, 3.8) is 0 Å². The van der Waals surface area contributed by atoms with E-state index in [4.69, 9.17) is 21.4 Å². The second-order valence-electron chi connectivity index (χ2n) is 7.74. The first kappa shape index (κ1) is 21.2. The lowest BCUT2D eigenvalue weighted by atomic mass is 9.90. The molecule has 28 heavy (non-hydrogen) atoms. The normalized spacial score (nSPS) is 24.4. The fourth-order valence-electron chi connectivity index (χ4n) is 4.11. The Bertz CT molecular complexity index is 798. The zero-order valence-corrected chi connectivity index (χ0v) is 17.8. The second-order valence-corrected chi connectivity index (χ2v) is 9.47. The summed E-state index contributed by atoms with van der Waals surface area (Å²) in [5.74, 6) is 0.170. The van der Waals surface area contributed by atoms with Crippen molar-refractivity contribution in [2.75, 3.05) is 6.61 Å². The maximum Gasteiger partial charge on any atom is 0.345 e. The third-order valence-electron chi connectivity index (χ3n) is 5.45. The highest BCUT2D eigenvalue weighted by Crippen LogP contribution is 2.39. The topological polar surface area (TPSA) is 66.8 Å². The molecule has 3 rings (SSSR count). The number of carboxylic acids is 1. The number of thiophene rings is 1. The number of hydrogen-bond donors (Lipinski definition) is 2. The standard InChI is InChI=1S/C22H27ClO4S/c1-13-8-14(2)10-15(9-13)27-12-18-17(19(23)11-20(18)24)5-3-4-16-6-7-21(28-16)22(25)26/h6-10,17-20,24H,3-5,11-12H2,1-2H3,(H,25,26)/t17-,18-,19-,20-/m1/s1. The van der Waals surface area contributed by atoms with Crippen LogP contribution in [0.3, 0.4) is 0 Å². The fraction of sp³-hybridized carbons (Fsp3) is 0.500. The van der Waals surface area contributed by atoms with Crippen LogP contribution in [0.25, 0.3) is 0 Å². The second kappa shape index (κ2) is 9.29. The van der Waals surface area contributed by atoms with Gasteiger partial charge in [-0.25, -0.2) is 4.79 Å². The van der Waals surface area contributed by atoms with E-state index in [2.05, 4.69) is 6.07 Å². The molecule has 0 unspecified atom stereocenters. The summed E-state index contributed by atoms with van der Waals surface area (Å²) >= 11 is 7.87. The molecular weight excluding hydrogens is 396 g/mol. The van der Waals surface area contributed by atoms with Crippen LogP contribution in [-0.2, 0) is 6.42 Å². The van der Waals surface area contributed by atoms with E-state index in [1.807, 2.05) is 32.0 Å². The summed E-state index contributed by atoms with van der Waals surface area (Å²) in [5, 5.41) is 19.4. The molecule has 0 amide bonds. The van der Waals surface area contributed by atoms with Crippen LogP contribution in [0.15, 0.2) is 30.3 Å². The average molecular weight is 423 g/mol. The lowest BCUT2D eigenvalue weighted by molar-refractivity contribution is 0.0701. The zero-order valence-electron chi connectivity index (χ0n) is 16.2. The minimum atomic E-state index is -0.875. The lowest BCUT2D eigenvalue weighted by Crippen LogP contribution is -2.27. The summed E-state index contributed by atoms with van der Waals surface area (Å²) in [5.41, 5.74) is 2.32. The molecule has 152 valence electrons. The Kier molecular flexibility index (Phi) is 7.02. The highest BCUT2D eigenvalue weighted by Gasteiger charge is 2.41. The van der Waals surface area contributed by atoms with Crippen LogP contribution >= 0.6 is 22.9 Å². The van der Waals surface area contributed by atoms with Crippen LogP contribution in [0.5, 0.6) is 5.75 Å². The molecule has 2 aromatic rings. The van der Waals surface area contributed by atoms with Crippen molar-refractivity contribution >= 4 is 28.9 Å². The molecular formula is C22H27ClO4S. The molecule has 1 saturated carbocycles. The van der Waals surface area contributed by atoms with Gasteiger partial charge in [0.05, 0.1) is 12.7 Å². The molecule has 1 aliphatic rings. The van der Waals surface area contributed by atoms with Crippen molar-refractivity contribution in [3.8, 4) is 5.75 Å². The van der Waals surface area contributed by atoms with Crippen LogP contribution in [0.4, 0.5) is 0 Å². The quantitative estimate of drug-likeness (QED) is 0.583. The van der Waals surface area contributed by atoms with Gasteiger partial charge in [-0.05, 0) is 80.8 Å². The van der Waals surface area contributed by atoms with Gasteiger partial charge in [-0.1, -0.05) is 6.07 Å². The predicted molar refractivity (Wildman–Crippen MR) is 113 cm³/mol. The van der Waals surface area contributed by atoms with E-state index in [1.54, 1.807) is 6.07 Å². The van der Waals surface area contributed by atoms with E-state index in [0.717, 1.165) is 41.0 Å². The molecule has 4 atom stereocenters. The van der Waals surface area contributed by atoms with Gasteiger partial charge in [0.15, 0.2) is 0 Å². The first-order valence-electron chi connectivity index (χ1n) is 9.68. The van der Waals surface area contributed by atoms with Gasteiger partial charge in [0.1, 0.15) is 10.6 Å². The van der Waals surface area contributed by atoms with Crippen LogP contribution in [-0.4, -0.2) is 34.3 Å². The molecule has 0 radical (unpaired) electrons. The maximum atomic E-state index is 11.0. The van der Waals surface area contributed by atoms with Gasteiger partial charge in [-0.3, -0.25) is 0 Å². The van der Waals surface area contributed by atoms with Crippen molar-refractivity contribution in [2.45, 2.75) is 51.0 Å². The lowest BCUT2D eigenvalue weighted by Gasteiger charge is -2.24. The zero-order chi connectivity index (χ0) is 20.3. The van der Waals surface area contributed by atoms with E-state index in [9.17, 15) is 9.90 Å². The van der Waals surface area contributed by atoms with Crippen LogP contribution < -0.4 is 4.74 Å². The molecule has 0 aliphatic heterocycles. The number of aliphatic hydroxyl groups excluding tert-OH is 1. The number of benzene rings is 1. The average Bonchev–Trinajstić information content (AvgIpc) is 3.18. The number of carbonyl (C=O) groups is 1. The Hall–Kier alpha value is -1.56. The summed E-state index contributed by atoms with van der Waals surface area (Å²) < 4.78 is 6.01. The Morgan fingerprint density at radius 2 is 1.93 bits per heavy atom. The number of aliphatic hydroxyl groups is 1. The van der Waals surface area contributed by atoms with Gasteiger partial charge in [-0.2, -0.15) is 0 Å². The molecule has 0 spiro atoms. The first-order chi connectivity index (χ1) is 13.3. The molecule has 6 heteroatoms. The molecule has 0 saturated heterocycles. The summed E-state index contributed by atoms with van der Waals surface area (Å²) in [4.78, 5) is 12.5. The van der Waals surface area contributed by atoms with Gasteiger partial charge >= 0.3 is 5.97 Å². The van der Waals surface area contributed by atoms with Gasteiger partial charge in [0.25, 0.3) is 0 Å². The number of rotatable bonds is 8. The predicted octanol–water partition coefficient (Wildman–Crippen LogP) is 5.07. The largest absolute Gasteiger partial charge is 0.493 e. The summed E-state index contributed by atoms with van der Waals surface area (Å²) in [6, 6.07) is 9.68. The van der Waals surface area contributed by atoms with Crippen LogP contribution in [0.1, 0.15) is 44.9 Å². The van der Waals surface area contributed by atoms with Crippen molar-refractivity contribution in [3.05, 3.63) is 51.2 Å². The van der Waals surface area contributed by atoms with E-state index in [0.29, 0.717) is 17.9 Å². The highest BCUT2D eigenvalue weighted by atomic mass is 35.5. The molecule has 2 N–H and O–H groups in total. The minimum Gasteiger partial charge on any atom is -0.493 e. The SMILES string of the molecule is Cc1cc(C)cc(OC[C@@H]2[C@@H](CCCc3ccc(C(=O)O)s3)[C@H](Cl)C[C@H]2O)c1. The number of ether oxygens (including phenoxy) is 1. The smallest absolute Gasteiger partial charge is 0.345 e. The van der Waals surface area contributed by atoms with Crippen molar-refractivity contribution in [1.82, 2.24) is 0 Å². The monoisotopic (exact) mass is 422 g/mol. The third-order valence-corrected chi connectivity index (χ3v) is 7.08. The van der Waals surface area contributed by atoms with Crippen molar-refractivity contribution in [2.24, 2.45) is 11.8 Å². The Morgan fingerprint density at radius 3 is 2.57 bits per heavy atom. The molecule has 0 bridgehead atoms. The molecule has 1 aromatic carbocycles. The van der Waals surface area contributed by atoms with Crippen LogP contribution in [0.2, 0.25) is 0 Å². The number of aryl methyl sites for hydroxylation is 3. The van der Waals surface area contributed by atoms with Gasteiger partial charge in [0.2, 0.25) is 0 Å². The maximum absolute atomic E-state index is 11.0. The number of aromatic carboxylic acids is 1. The van der Waals surface area contributed by atoms with Gasteiger partial charge < -0.3 is 14.9 Å². The van der Waals surface area contributed by atoms with E-state index >= 15 is 0 Å². The molecule has 1 fully saturated rings. The van der Waals surface area contributed by atoms with Crippen molar-refractivity contribution in [1.29, 1.82) is 0 Å². The Morgan fingerprint density at radius 1 is 1.21 bits per heavy atom. The summed E-state index contributed by atoms with van der Waals surface area (Å²) in [7, 11) is 0. The van der Waals surface area contributed by atoms with E-state index < -0.39 is 12.1 Å². The summed E-state index contributed by atoms with van der Waals surface area (Å²) in [6.45, 7) is 4.55. The number of carboxylic acid groups (broad SMARTS) is 1. The summed E-state index contributed by atoms with van der Waals surface area (Å²) in [6.07, 6.45) is 2.79. The number of hydrogen-bond acceptors (Lipinski definition) is 4. The third kappa shape index (κ3) is 5.28. The van der Waals surface area contributed by atoms with E-state index in [-0.39, 0.29) is 17.2 Å². The van der Waals surface area contributed by atoms with Crippen molar-refractivity contribution < 1.29 is 19.7 Å². The number of halogens is 1. The minimum absolute atomic E-state index is 0.0150. The molecule has 1 aromatic heterocycles.